The minimum Gasteiger partial charge on any atom is -0.481 e. The number of aromatic nitrogens is 2. The van der Waals surface area contributed by atoms with Crippen LogP contribution in [0.4, 0.5) is 0 Å². The van der Waals surface area contributed by atoms with Crippen molar-refractivity contribution in [1.29, 1.82) is 0 Å². The van der Waals surface area contributed by atoms with Gasteiger partial charge in [-0.3, -0.25) is 9.48 Å². The number of carbonyl (C=O) groups is 1. The number of benzene rings is 1. The van der Waals surface area contributed by atoms with Crippen molar-refractivity contribution < 1.29 is 9.90 Å². The highest BCUT2D eigenvalue weighted by molar-refractivity contribution is 9.10. The molecule has 0 radical (unpaired) electrons. The molecule has 1 aromatic heterocycles. The predicted molar refractivity (Wildman–Crippen MR) is 64.2 cm³/mol. The van der Waals surface area contributed by atoms with E-state index in [1.165, 1.54) is 0 Å². The van der Waals surface area contributed by atoms with Gasteiger partial charge >= 0.3 is 5.97 Å². The summed E-state index contributed by atoms with van der Waals surface area (Å²) in [5.41, 5.74) is 0.876. The summed E-state index contributed by atoms with van der Waals surface area (Å²) < 4.78 is 2.67. The molecule has 2 rings (SSSR count). The van der Waals surface area contributed by atoms with E-state index in [4.69, 9.17) is 5.11 Å². The molecule has 1 heterocycles. The van der Waals surface area contributed by atoms with Gasteiger partial charge in [0.15, 0.2) is 0 Å². The molecule has 1 N–H and O–H groups in total. The minimum absolute atomic E-state index is 0.391. The van der Waals surface area contributed by atoms with E-state index in [2.05, 4.69) is 21.0 Å². The number of hydrogen-bond acceptors (Lipinski definition) is 2. The maximum absolute atomic E-state index is 10.7. The third-order valence-corrected chi connectivity index (χ3v) is 2.89. The van der Waals surface area contributed by atoms with E-state index < -0.39 is 11.9 Å². The summed E-state index contributed by atoms with van der Waals surface area (Å²) in [5, 5.41) is 14.1. The zero-order valence-corrected chi connectivity index (χ0v) is 10.3. The average molecular weight is 283 g/mol. The van der Waals surface area contributed by atoms with Gasteiger partial charge in [-0.15, -0.1) is 0 Å². The molecule has 4 nitrogen and oxygen atoms in total. The van der Waals surface area contributed by atoms with Gasteiger partial charge < -0.3 is 5.11 Å². The molecule has 84 valence electrons. The normalized spacial score (nSPS) is 12.9. The Morgan fingerprint density at radius 1 is 1.62 bits per heavy atom. The van der Waals surface area contributed by atoms with Crippen molar-refractivity contribution in [3.8, 4) is 0 Å². The first-order valence-corrected chi connectivity index (χ1v) is 5.71. The number of carboxylic acids is 1. The fourth-order valence-corrected chi connectivity index (χ4v) is 1.88. The lowest BCUT2D eigenvalue weighted by Crippen LogP contribution is -2.16. The quantitative estimate of drug-likeness (QED) is 0.941. The Balaban J connectivity index is 2.29. The molecular weight excluding hydrogens is 272 g/mol. The van der Waals surface area contributed by atoms with Gasteiger partial charge in [0, 0.05) is 16.1 Å². The molecule has 0 aliphatic heterocycles. The van der Waals surface area contributed by atoms with Crippen LogP contribution in [0.3, 0.4) is 0 Å². The molecular formula is C11H11BrN2O2. The van der Waals surface area contributed by atoms with E-state index >= 15 is 0 Å². The maximum Gasteiger partial charge on any atom is 0.308 e. The highest BCUT2D eigenvalue weighted by atomic mass is 79.9. The lowest BCUT2D eigenvalue weighted by atomic mass is 10.2. The van der Waals surface area contributed by atoms with Crippen molar-refractivity contribution in [1.82, 2.24) is 9.78 Å². The third kappa shape index (κ3) is 2.24. The van der Waals surface area contributed by atoms with Crippen LogP contribution in [0.25, 0.3) is 10.9 Å². The molecule has 0 saturated carbocycles. The summed E-state index contributed by atoms with van der Waals surface area (Å²) in [6.45, 7) is 2.06. The second kappa shape index (κ2) is 4.25. The second-order valence-electron chi connectivity index (χ2n) is 3.79. The summed E-state index contributed by atoms with van der Waals surface area (Å²) in [6.07, 6.45) is 1.86. The van der Waals surface area contributed by atoms with Crippen LogP contribution in [0.1, 0.15) is 6.92 Å². The lowest BCUT2D eigenvalue weighted by Gasteiger charge is -2.04. The van der Waals surface area contributed by atoms with Crippen LogP contribution in [0, 0.1) is 5.92 Å². The number of halogens is 1. The Morgan fingerprint density at radius 3 is 3.06 bits per heavy atom. The number of nitrogens with zero attached hydrogens (tertiary/aromatic N) is 2. The smallest absolute Gasteiger partial charge is 0.308 e. The number of rotatable bonds is 3. The average Bonchev–Trinajstić information content (AvgIpc) is 2.58. The van der Waals surface area contributed by atoms with Gasteiger partial charge in [-0.05, 0) is 18.2 Å². The second-order valence-corrected chi connectivity index (χ2v) is 4.71. The molecule has 5 heteroatoms. The Kier molecular flexibility index (Phi) is 2.96. The standard InChI is InChI=1S/C11H11BrN2O2/c1-7(11(15)16)5-14-6-8-4-9(12)2-3-10(8)13-14/h2-4,6-7H,5H2,1H3,(H,15,16). The first-order valence-electron chi connectivity index (χ1n) is 4.92. The molecule has 0 spiro atoms. The van der Waals surface area contributed by atoms with Crippen molar-refractivity contribution in [2.45, 2.75) is 13.5 Å². The molecule has 1 atom stereocenters. The Hall–Kier alpha value is -1.36. The monoisotopic (exact) mass is 282 g/mol. The van der Waals surface area contributed by atoms with Gasteiger partial charge in [0.1, 0.15) is 0 Å². The summed E-state index contributed by atoms with van der Waals surface area (Å²) in [6, 6.07) is 5.78. The van der Waals surface area contributed by atoms with Crippen LogP contribution < -0.4 is 0 Å². The van der Waals surface area contributed by atoms with Gasteiger partial charge in [-0.25, -0.2) is 0 Å². The van der Waals surface area contributed by atoms with Crippen LogP contribution >= 0.6 is 15.9 Å². The Bertz CT molecular complexity index is 536. The zero-order valence-electron chi connectivity index (χ0n) is 8.72. The van der Waals surface area contributed by atoms with Gasteiger partial charge in [0.05, 0.1) is 18.0 Å². The topological polar surface area (TPSA) is 55.1 Å². The minimum atomic E-state index is -0.805. The lowest BCUT2D eigenvalue weighted by molar-refractivity contribution is -0.141. The maximum atomic E-state index is 10.7. The first kappa shape index (κ1) is 11.1. The Morgan fingerprint density at radius 2 is 2.38 bits per heavy atom. The first-order chi connectivity index (χ1) is 7.56. The number of hydrogen-bond donors (Lipinski definition) is 1. The van der Waals surface area contributed by atoms with Crippen LogP contribution in [0.15, 0.2) is 28.9 Å². The number of fused-ring (bicyclic) bond motifs is 1. The van der Waals surface area contributed by atoms with E-state index in [0.29, 0.717) is 6.54 Å². The highest BCUT2D eigenvalue weighted by Gasteiger charge is 2.12. The molecule has 0 aliphatic carbocycles. The van der Waals surface area contributed by atoms with E-state index in [-0.39, 0.29) is 0 Å². The molecule has 1 aromatic carbocycles. The van der Waals surface area contributed by atoms with Gasteiger partial charge in [0.25, 0.3) is 0 Å². The summed E-state index contributed by atoms with van der Waals surface area (Å²) in [4.78, 5) is 10.7. The largest absolute Gasteiger partial charge is 0.481 e. The van der Waals surface area contributed by atoms with Crippen LogP contribution in [0.2, 0.25) is 0 Å². The molecule has 0 amide bonds. The zero-order chi connectivity index (χ0) is 11.7. The predicted octanol–water partition coefficient (Wildman–Crippen LogP) is 2.52. The van der Waals surface area contributed by atoms with Crippen LogP contribution in [-0.4, -0.2) is 20.9 Å². The molecule has 0 bridgehead atoms. The van der Waals surface area contributed by atoms with Crippen LogP contribution in [-0.2, 0) is 11.3 Å². The molecule has 16 heavy (non-hydrogen) atoms. The van der Waals surface area contributed by atoms with Gasteiger partial charge in [-0.1, -0.05) is 22.9 Å². The SMILES string of the molecule is CC(Cn1cc2cc(Br)ccc2n1)C(=O)O. The van der Waals surface area contributed by atoms with Gasteiger partial charge in [-0.2, -0.15) is 5.10 Å². The molecule has 0 fully saturated rings. The molecule has 2 aromatic rings. The van der Waals surface area contributed by atoms with Crippen LogP contribution in [0.5, 0.6) is 0 Å². The fraction of sp³-hybridized carbons (Fsp3) is 0.273. The van der Waals surface area contributed by atoms with Crippen molar-refractivity contribution in [2.24, 2.45) is 5.92 Å². The summed E-state index contributed by atoms with van der Waals surface area (Å²) >= 11 is 3.38. The highest BCUT2D eigenvalue weighted by Crippen LogP contribution is 2.18. The number of aliphatic carboxylic acids is 1. The fourth-order valence-electron chi connectivity index (χ4n) is 1.50. The van der Waals surface area contributed by atoms with E-state index in [1.54, 1.807) is 11.6 Å². The summed E-state index contributed by atoms with van der Waals surface area (Å²) in [7, 11) is 0. The van der Waals surface area contributed by atoms with Crippen molar-refractivity contribution in [3.63, 3.8) is 0 Å². The van der Waals surface area contributed by atoms with Crippen molar-refractivity contribution in [3.05, 3.63) is 28.9 Å². The van der Waals surface area contributed by atoms with E-state index in [1.807, 2.05) is 24.4 Å². The van der Waals surface area contributed by atoms with Gasteiger partial charge in [0.2, 0.25) is 0 Å². The van der Waals surface area contributed by atoms with E-state index in [9.17, 15) is 4.79 Å². The summed E-state index contributed by atoms with van der Waals surface area (Å²) in [5.74, 6) is -1.24. The van der Waals surface area contributed by atoms with E-state index in [0.717, 1.165) is 15.4 Å². The third-order valence-electron chi connectivity index (χ3n) is 2.40. The van der Waals surface area contributed by atoms with Crippen molar-refractivity contribution in [2.75, 3.05) is 0 Å². The molecule has 0 aliphatic rings. The molecule has 0 saturated heterocycles. The Labute approximate surface area is 101 Å². The molecule has 1 unspecified atom stereocenters. The van der Waals surface area contributed by atoms with Crippen molar-refractivity contribution >= 4 is 32.8 Å². The number of carboxylic acid groups (broad SMARTS) is 1.